The predicted molar refractivity (Wildman–Crippen MR) is 150 cm³/mol. The number of thiazole rings is 1. The monoisotopic (exact) mass is 536 g/mol. The van der Waals surface area contributed by atoms with E-state index in [1.54, 1.807) is 67.8 Å². The maximum atomic E-state index is 13.6. The Labute approximate surface area is 226 Å². The SMILES string of the molecule is COc1ccc2nc(N(/N=C/c3ccc([N+](=O)[O-])cc3)C(=O)c3ccc(C(=O)c4ccccc4)cc3)sc2c1. The van der Waals surface area contributed by atoms with Crippen molar-refractivity contribution in [2.24, 2.45) is 5.10 Å². The molecule has 0 unspecified atom stereocenters. The highest BCUT2D eigenvalue weighted by Gasteiger charge is 2.22. The lowest BCUT2D eigenvalue weighted by Crippen LogP contribution is -2.25. The Kier molecular flexibility index (Phi) is 7.19. The van der Waals surface area contributed by atoms with E-state index in [0.717, 1.165) is 4.70 Å². The molecule has 0 aliphatic rings. The molecule has 4 aromatic carbocycles. The molecular weight excluding hydrogens is 516 g/mol. The standard InChI is InChI=1S/C29H20N4O5S/c1-38-24-15-16-25-26(17-24)39-29(31-25)32(30-18-19-7-13-23(14-8-19)33(36)37)28(35)22-11-9-21(10-12-22)27(34)20-5-3-2-4-6-20/h2-18H,1H3/b30-18+. The number of methoxy groups -OCH3 is 1. The van der Waals surface area contributed by atoms with Crippen LogP contribution in [0.4, 0.5) is 10.8 Å². The van der Waals surface area contributed by atoms with Crippen LogP contribution in [0.25, 0.3) is 10.2 Å². The van der Waals surface area contributed by atoms with Gasteiger partial charge in [-0.2, -0.15) is 10.1 Å². The van der Waals surface area contributed by atoms with Crippen molar-refractivity contribution in [2.75, 3.05) is 12.1 Å². The molecule has 1 heterocycles. The number of nitro groups is 1. The molecule has 0 aliphatic heterocycles. The third-order valence-corrected chi connectivity index (χ3v) is 6.81. The highest BCUT2D eigenvalue weighted by molar-refractivity contribution is 7.22. The quantitative estimate of drug-likeness (QED) is 0.102. The molecule has 0 aliphatic carbocycles. The number of non-ortho nitro benzene ring substituents is 1. The Morgan fingerprint density at radius 3 is 2.26 bits per heavy atom. The van der Waals surface area contributed by atoms with Gasteiger partial charge in [0.05, 0.1) is 28.5 Å². The summed E-state index contributed by atoms with van der Waals surface area (Å²) in [5, 5.41) is 16.9. The Hall–Kier alpha value is -5.22. The molecule has 0 spiro atoms. The number of ether oxygens (including phenoxy) is 1. The second kappa shape index (κ2) is 11.0. The van der Waals surface area contributed by atoms with E-state index in [9.17, 15) is 19.7 Å². The van der Waals surface area contributed by atoms with Gasteiger partial charge in [-0.25, -0.2) is 4.98 Å². The summed E-state index contributed by atoms with van der Waals surface area (Å²) in [6, 6.07) is 26.4. The van der Waals surface area contributed by atoms with Gasteiger partial charge in [-0.05, 0) is 48.0 Å². The summed E-state index contributed by atoms with van der Waals surface area (Å²) in [4.78, 5) is 41.5. The normalized spacial score (nSPS) is 11.0. The second-order valence-electron chi connectivity index (χ2n) is 8.31. The van der Waals surface area contributed by atoms with E-state index < -0.39 is 10.8 Å². The van der Waals surface area contributed by atoms with Crippen LogP contribution in [0.15, 0.2) is 102 Å². The molecule has 0 bridgehead atoms. The van der Waals surface area contributed by atoms with Gasteiger partial charge in [0, 0.05) is 28.8 Å². The van der Waals surface area contributed by atoms with Crippen molar-refractivity contribution in [3.63, 3.8) is 0 Å². The topological polar surface area (TPSA) is 115 Å². The number of benzene rings is 4. The number of carbonyl (C=O) groups excluding carboxylic acids is 2. The van der Waals surface area contributed by atoms with Crippen molar-refractivity contribution < 1.29 is 19.2 Å². The molecule has 0 saturated carbocycles. The number of hydrogen-bond acceptors (Lipinski definition) is 8. The number of aromatic nitrogens is 1. The first-order valence-corrected chi connectivity index (χ1v) is 12.5. The van der Waals surface area contributed by atoms with Crippen molar-refractivity contribution in [3.05, 3.63) is 129 Å². The Morgan fingerprint density at radius 1 is 0.923 bits per heavy atom. The average Bonchev–Trinajstić information content (AvgIpc) is 3.40. The molecular formula is C29H20N4O5S. The maximum absolute atomic E-state index is 13.6. The average molecular weight is 537 g/mol. The van der Waals surface area contributed by atoms with E-state index in [4.69, 9.17) is 4.74 Å². The first-order chi connectivity index (χ1) is 18.9. The number of hydrogen-bond donors (Lipinski definition) is 0. The zero-order valence-electron chi connectivity index (χ0n) is 20.6. The number of amides is 1. The van der Waals surface area contributed by atoms with Gasteiger partial charge in [0.2, 0.25) is 5.13 Å². The third-order valence-electron chi connectivity index (χ3n) is 5.81. The fourth-order valence-electron chi connectivity index (χ4n) is 3.75. The lowest BCUT2D eigenvalue weighted by molar-refractivity contribution is -0.384. The fourth-order valence-corrected chi connectivity index (χ4v) is 4.70. The minimum absolute atomic E-state index is 0.0506. The van der Waals surface area contributed by atoms with E-state index in [-0.39, 0.29) is 11.5 Å². The van der Waals surface area contributed by atoms with Crippen molar-refractivity contribution in [1.29, 1.82) is 0 Å². The number of rotatable bonds is 8. The minimum atomic E-state index is -0.488. The lowest BCUT2D eigenvalue weighted by atomic mass is 10.0. The van der Waals surface area contributed by atoms with E-state index in [0.29, 0.717) is 38.7 Å². The summed E-state index contributed by atoms with van der Waals surface area (Å²) in [7, 11) is 1.57. The van der Waals surface area contributed by atoms with E-state index >= 15 is 0 Å². The number of ketones is 1. The highest BCUT2D eigenvalue weighted by Crippen LogP contribution is 2.32. The number of hydrazone groups is 1. The van der Waals surface area contributed by atoms with Gasteiger partial charge < -0.3 is 4.74 Å². The van der Waals surface area contributed by atoms with Gasteiger partial charge in [-0.1, -0.05) is 53.8 Å². The van der Waals surface area contributed by atoms with Crippen LogP contribution in [0.1, 0.15) is 31.8 Å². The smallest absolute Gasteiger partial charge is 0.280 e. The fraction of sp³-hybridized carbons (Fsp3) is 0.0345. The lowest BCUT2D eigenvalue weighted by Gasteiger charge is -2.14. The first kappa shape index (κ1) is 25.4. The summed E-state index contributed by atoms with van der Waals surface area (Å²) in [6.45, 7) is 0. The number of nitrogens with zero attached hydrogens (tertiary/aromatic N) is 4. The van der Waals surface area contributed by atoms with Crippen molar-refractivity contribution >= 4 is 50.3 Å². The van der Waals surface area contributed by atoms with Crippen LogP contribution < -0.4 is 9.75 Å². The van der Waals surface area contributed by atoms with Crippen LogP contribution in [-0.4, -0.2) is 34.9 Å². The van der Waals surface area contributed by atoms with Crippen LogP contribution in [0.2, 0.25) is 0 Å². The summed E-state index contributed by atoms with van der Waals surface area (Å²) < 4.78 is 6.10. The minimum Gasteiger partial charge on any atom is -0.497 e. The van der Waals surface area contributed by atoms with Crippen molar-refractivity contribution in [2.45, 2.75) is 0 Å². The van der Waals surface area contributed by atoms with Crippen LogP contribution in [-0.2, 0) is 0 Å². The van der Waals surface area contributed by atoms with Gasteiger partial charge in [-0.3, -0.25) is 19.7 Å². The number of carbonyl (C=O) groups is 2. The molecule has 192 valence electrons. The van der Waals surface area contributed by atoms with E-state index in [2.05, 4.69) is 10.1 Å². The van der Waals surface area contributed by atoms with Crippen molar-refractivity contribution in [1.82, 2.24) is 4.98 Å². The zero-order valence-corrected chi connectivity index (χ0v) is 21.4. The first-order valence-electron chi connectivity index (χ1n) is 11.7. The number of nitro benzene ring substituents is 1. The van der Waals surface area contributed by atoms with Crippen LogP contribution in [0.5, 0.6) is 5.75 Å². The summed E-state index contributed by atoms with van der Waals surface area (Å²) in [5.74, 6) is 0.0456. The second-order valence-corrected chi connectivity index (χ2v) is 9.32. The number of fused-ring (bicyclic) bond motifs is 1. The summed E-state index contributed by atoms with van der Waals surface area (Å²) in [6.07, 6.45) is 1.43. The van der Waals surface area contributed by atoms with Crippen LogP contribution >= 0.6 is 11.3 Å². The van der Waals surface area contributed by atoms with Crippen molar-refractivity contribution in [3.8, 4) is 5.75 Å². The van der Waals surface area contributed by atoms with Gasteiger partial charge in [0.25, 0.3) is 11.6 Å². The molecule has 0 N–H and O–H groups in total. The molecule has 0 saturated heterocycles. The molecule has 0 fully saturated rings. The molecule has 0 atom stereocenters. The largest absolute Gasteiger partial charge is 0.497 e. The molecule has 1 amide bonds. The molecule has 1 aromatic heterocycles. The Bertz CT molecular complexity index is 1700. The maximum Gasteiger partial charge on any atom is 0.280 e. The van der Waals surface area contributed by atoms with Crippen LogP contribution in [0, 0.1) is 10.1 Å². The van der Waals surface area contributed by atoms with Gasteiger partial charge in [0.1, 0.15) is 5.75 Å². The Balaban J connectivity index is 1.48. The number of anilines is 1. The molecule has 0 radical (unpaired) electrons. The van der Waals surface area contributed by atoms with Gasteiger partial charge in [0.15, 0.2) is 5.78 Å². The molecule has 39 heavy (non-hydrogen) atoms. The summed E-state index contributed by atoms with van der Waals surface area (Å²) >= 11 is 1.26. The van der Waals surface area contributed by atoms with Gasteiger partial charge in [-0.15, -0.1) is 0 Å². The summed E-state index contributed by atoms with van der Waals surface area (Å²) in [5.41, 5.74) is 2.48. The Morgan fingerprint density at radius 2 is 1.59 bits per heavy atom. The molecule has 10 heteroatoms. The van der Waals surface area contributed by atoms with E-state index in [1.165, 1.54) is 46.8 Å². The molecule has 5 rings (SSSR count). The predicted octanol–water partition coefficient (Wildman–Crippen LogP) is 6.13. The highest BCUT2D eigenvalue weighted by atomic mass is 32.1. The molecule has 5 aromatic rings. The molecule has 9 nitrogen and oxygen atoms in total. The van der Waals surface area contributed by atoms with E-state index in [1.807, 2.05) is 12.1 Å². The third kappa shape index (κ3) is 5.55. The van der Waals surface area contributed by atoms with Crippen LogP contribution in [0.3, 0.4) is 0 Å². The zero-order chi connectivity index (χ0) is 27.4. The van der Waals surface area contributed by atoms with Gasteiger partial charge >= 0.3 is 0 Å².